The molecule has 0 saturated carbocycles. The molecule has 194 valence electrons. The number of hydrogen-bond acceptors (Lipinski definition) is 8. The summed E-state index contributed by atoms with van der Waals surface area (Å²) in [5.74, 6) is -0.998. The molecule has 4 N–H and O–H groups in total. The summed E-state index contributed by atoms with van der Waals surface area (Å²) in [5, 5.41) is 7.53. The van der Waals surface area contributed by atoms with Crippen LogP contribution in [0.5, 0.6) is 0 Å². The number of benzene rings is 1. The number of halogens is 1. The molecule has 3 atom stereocenters. The third-order valence-electron chi connectivity index (χ3n) is 6.53. The highest BCUT2D eigenvalue weighted by atomic mass is 79.9. The van der Waals surface area contributed by atoms with E-state index in [0.717, 1.165) is 10.9 Å². The predicted molar refractivity (Wildman–Crippen MR) is 144 cm³/mol. The number of amides is 1. The maximum absolute atomic E-state index is 13.9. The summed E-state index contributed by atoms with van der Waals surface area (Å²) in [6.07, 6.45) is 4.51. The molecule has 1 aromatic carbocycles. The molecule has 9 nitrogen and oxygen atoms in total. The highest BCUT2D eigenvalue weighted by molar-refractivity contribution is 9.10. The molecule has 3 rings (SSSR count). The average molecular weight is 579 g/mol. The Morgan fingerprint density at radius 1 is 1.36 bits per heavy atom. The van der Waals surface area contributed by atoms with E-state index in [1.807, 2.05) is 32.9 Å². The lowest BCUT2D eigenvalue weighted by molar-refractivity contribution is -0.145. The molecule has 1 amide bonds. The first kappa shape index (κ1) is 27.9. The van der Waals surface area contributed by atoms with Crippen LogP contribution in [0, 0.1) is 5.92 Å². The third kappa shape index (κ3) is 5.52. The number of carbonyl (C=O) groups excluding carboxylic acids is 2. The van der Waals surface area contributed by atoms with Crippen LogP contribution < -0.4 is 11.1 Å². The van der Waals surface area contributed by atoms with Crippen LogP contribution in [0.15, 0.2) is 46.4 Å². The van der Waals surface area contributed by atoms with Crippen LogP contribution in [0.1, 0.15) is 51.3 Å². The number of rotatable bonds is 11. The SMILES string of the molecule is CCC[C@H](NC(=O)C1(c2ccc(Br)cc2)CC([C@](N)(C(=O)Cc2cnc[nH]2)C(C)C)=NO1)C(=S)OC. The Morgan fingerprint density at radius 3 is 2.61 bits per heavy atom. The number of H-pyrrole nitrogens is 1. The molecule has 36 heavy (non-hydrogen) atoms. The van der Waals surface area contributed by atoms with E-state index in [0.29, 0.717) is 23.4 Å². The van der Waals surface area contributed by atoms with Gasteiger partial charge in [-0.15, -0.1) is 0 Å². The van der Waals surface area contributed by atoms with Crippen LogP contribution in [-0.4, -0.2) is 51.1 Å². The summed E-state index contributed by atoms with van der Waals surface area (Å²) in [7, 11) is 1.48. The molecular weight excluding hydrogens is 546 g/mol. The van der Waals surface area contributed by atoms with Gasteiger partial charge in [0, 0.05) is 28.3 Å². The van der Waals surface area contributed by atoms with E-state index < -0.39 is 23.1 Å². The lowest BCUT2D eigenvalue weighted by Gasteiger charge is -2.33. The fourth-order valence-electron chi connectivity index (χ4n) is 4.25. The molecule has 1 unspecified atom stereocenters. The summed E-state index contributed by atoms with van der Waals surface area (Å²) in [5.41, 5.74) is 5.32. The summed E-state index contributed by atoms with van der Waals surface area (Å²) in [6, 6.07) is 6.71. The third-order valence-corrected chi connectivity index (χ3v) is 7.51. The first-order valence-corrected chi connectivity index (χ1v) is 13.0. The van der Waals surface area contributed by atoms with Gasteiger partial charge >= 0.3 is 0 Å². The van der Waals surface area contributed by atoms with Crippen molar-refractivity contribution >= 4 is 50.6 Å². The van der Waals surface area contributed by atoms with Crippen LogP contribution in [0.3, 0.4) is 0 Å². The van der Waals surface area contributed by atoms with E-state index in [1.54, 1.807) is 18.3 Å². The van der Waals surface area contributed by atoms with Crippen molar-refractivity contribution in [2.24, 2.45) is 16.8 Å². The quantitative estimate of drug-likeness (QED) is 0.348. The summed E-state index contributed by atoms with van der Waals surface area (Å²) in [6.45, 7) is 5.69. The number of aromatic nitrogens is 2. The maximum atomic E-state index is 13.9. The maximum Gasteiger partial charge on any atom is 0.272 e. The molecule has 11 heteroatoms. The number of carbonyl (C=O) groups is 2. The number of imidazole rings is 1. The number of nitrogens with one attached hydrogen (secondary N) is 2. The van der Waals surface area contributed by atoms with Crippen molar-refractivity contribution in [3.63, 3.8) is 0 Å². The van der Waals surface area contributed by atoms with Gasteiger partial charge in [-0.25, -0.2) is 4.98 Å². The Hall–Kier alpha value is -2.63. The average Bonchev–Trinajstić information content (AvgIpc) is 3.54. The number of aromatic amines is 1. The Balaban J connectivity index is 1.98. The minimum atomic E-state index is -1.53. The molecule has 2 aromatic rings. The molecule has 0 aliphatic carbocycles. The normalized spacial score (nSPS) is 19.7. The topological polar surface area (TPSA) is 132 Å². The summed E-state index contributed by atoms with van der Waals surface area (Å²) >= 11 is 8.76. The van der Waals surface area contributed by atoms with Crippen LogP contribution in [0.2, 0.25) is 0 Å². The van der Waals surface area contributed by atoms with Gasteiger partial charge in [-0.1, -0.05) is 60.4 Å². The zero-order valence-corrected chi connectivity index (χ0v) is 23.2. The number of hydrogen-bond donors (Lipinski definition) is 3. The first-order valence-electron chi connectivity index (χ1n) is 11.8. The highest BCUT2D eigenvalue weighted by Gasteiger charge is 2.55. The second-order valence-corrected chi connectivity index (χ2v) is 10.5. The molecule has 0 bridgehead atoms. The van der Waals surface area contributed by atoms with Gasteiger partial charge in [0.2, 0.25) is 5.60 Å². The second-order valence-electron chi connectivity index (χ2n) is 9.18. The van der Waals surface area contributed by atoms with Gasteiger partial charge in [-0.05, 0) is 36.7 Å². The Morgan fingerprint density at radius 2 is 2.06 bits per heavy atom. The number of oxime groups is 1. The molecule has 1 aliphatic heterocycles. The van der Waals surface area contributed by atoms with Gasteiger partial charge in [-0.3, -0.25) is 9.59 Å². The number of thiocarbonyl (C=S) groups is 1. The molecule has 0 fully saturated rings. The largest absolute Gasteiger partial charge is 0.488 e. The predicted octanol–water partition coefficient (Wildman–Crippen LogP) is 3.57. The Kier molecular flexibility index (Phi) is 9.02. The molecule has 2 heterocycles. The van der Waals surface area contributed by atoms with Crippen molar-refractivity contribution in [2.75, 3.05) is 7.11 Å². The monoisotopic (exact) mass is 577 g/mol. The van der Waals surface area contributed by atoms with Crippen LogP contribution in [-0.2, 0) is 31.2 Å². The van der Waals surface area contributed by atoms with E-state index >= 15 is 0 Å². The molecule has 1 aromatic heterocycles. The number of nitrogens with two attached hydrogens (primary N) is 1. The van der Waals surface area contributed by atoms with Gasteiger partial charge in [0.15, 0.2) is 10.8 Å². The number of Topliss-reactive ketones (excluding diaryl/α,β-unsaturated/α-hetero) is 1. The lowest BCUT2D eigenvalue weighted by atomic mass is 9.73. The zero-order chi connectivity index (χ0) is 26.5. The van der Waals surface area contributed by atoms with Gasteiger partial charge in [0.25, 0.3) is 5.91 Å². The van der Waals surface area contributed by atoms with Gasteiger partial charge < -0.3 is 25.6 Å². The van der Waals surface area contributed by atoms with Crippen molar-refractivity contribution in [1.82, 2.24) is 15.3 Å². The Bertz CT molecular complexity index is 1120. The van der Waals surface area contributed by atoms with E-state index in [4.69, 9.17) is 27.5 Å². The van der Waals surface area contributed by atoms with Crippen molar-refractivity contribution in [3.05, 3.63) is 52.5 Å². The molecular formula is C25H32BrN5O4S. The van der Waals surface area contributed by atoms with Crippen molar-refractivity contribution < 1.29 is 19.2 Å². The Labute approximate surface area is 224 Å². The number of ketones is 1. The highest BCUT2D eigenvalue weighted by Crippen LogP contribution is 2.40. The van der Waals surface area contributed by atoms with Gasteiger partial charge in [0.05, 0.1) is 31.6 Å². The van der Waals surface area contributed by atoms with E-state index in [1.165, 1.54) is 13.4 Å². The van der Waals surface area contributed by atoms with E-state index in [2.05, 4.69) is 36.4 Å². The standard InChI is InChI=1S/C25H32BrN5O4S/c1-5-6-19(22(36)34-4)30-23(33)24(16-7-9-17(26)10-8-16)12-20(31-35-24)25(27,15(2)3)21(32)11-18-13-28-14-29-18/h7-10,13-15,19H,5-6,11-12,27H2,1-4H3,(H,28,29)(H,30,33)/t19-,24?,25-/m0/s1. The number of nitrogens with zero attached hydrogens (tertiary/aromatic N) is 2. The fourth-order valence-corrected chi connectivity index (χ4v) is 4.69. The van der Waals surface area contributed by atoms with Crippen LogP contribution in [0.4, 0.5) is 0 Å². The minimum Gasteiger partial charge on any atom is -0.488 e. The van der Waals surface area contributed by atoms with Gasteiger partial charge in [0.1, 0.15) is 5.54 Å². The summed E-state index contributed by atoms with van der Waals surface area (Å²) < 4.78 is 6.08. The van der Waals surface area contributed by atoms with Crippen molar-refractivity contribution in [2.45, 2.75) is 63.6 Å². The smallest absolute Gasteiger partial charge is 0.272 e. The lowest BCUT2D eigenvalue weighted by Crippen LogP contribution is -2.60. The van der Waals surface area contributed by atoms with E-state index in [9.17, 15) is 9.59 Å². The first-order chi connectivity index (χ1) is 17.1. The van der Waals surface area contributed by atoms with Gasteiger partial charge in [-0.2, -0.15) is 0 Å². The van der Waals surface area contributed by atoms with Crippen LogP contribution in [0.25, 0.3) is 0 Å². The van der Waals surface area contributed by atoms with Crippen LogP contribution >= 0.6 is 28.1 Å². The van der Waals surface area contributed by atoms with E-state index in [-0.39, 0.29) is 29.6 Å². The zero-order valence-electron chi connectivity index (χ0n) is 20.8. The van der Waals surface area contributed by atoms with Crippen molar-refractivity contribution in [1.29, 1.82) is 0 Å². The minimum absolute atomic E-state index is 0.00243. The second kappa shape index (κ2) is 11.6. The summed E-state index contributed by atoms with van der Waals surface area (Å²) in [4.78, 5) is 40.2. The molecule has 0 spiro atoms. The number of methoxy groups -OCH3 is 1. The van der Waals surface area contributed by atoms with Crippen molar-refractivity contribution in [3.8, 4) is 0 Å². The molecule has 0 radical (unpaired) electrons. The molecule has 0 saturated heterocycles. The number of ether oxygens (including phenoxy) is 1. The fraction of sp³-hybridized carbons (Fsp3) is 0.480. The molecule has 1 aliphatic rings.